The number of piperidine rings is 1. The molecule has 1 unspecified atom stereocenters. The standard InChI is InChI=1S/C17H24N2O4/c1-23-15-8-3-2-6-13(15)12-18-16(20)9-11-19-10-5-4-7-14(19)17(21)22/h2-3,6,8,14H,4-5,7,9-12H2,1H3,(H,18,20)(H,21,22). The van der Waals surface area contributed by atoms with Crippen LogP contribution in [-0.2, 0) is 16.1 Å². The number of carbonyl (C=O) groups is 2. The number of nitrogens with zero attached hydrogens (tertiary/aromatic N) is 1. The molecule has 126 valence electrons. The van der Waals surface area contributed by atoms with E-state index in [1.807, 2.05) is 29.2 Å². The molecule has 0 bridgehead atoms. The van der Waals surface area contributed by atoms with Crippen LogP contribution < -0.4 is 10.1 Å². The van der Waals surface area contributed by atoms with E-state index < -0.39 is 12.0 Å². The Morgan fingerprint density at radius 1 is 1.35 bits per heavy atom. The number of carboxylic acids is 1. The second-order valence-electron chi connectivity index (χ2n) is 5.72. The number of amides is 1. The third-order valence-corrected chi connectivity index (χ3v) is 4.19. The average Bonchev–Trinajstić information content (AvgIpc) is 2.58. The summed E-state index contributed by atoms with van der Waals surface area (Å²) in [6.45, 7) is 1.64. The van der Waals surface area contributed by atoms with Crippen molar-refractivity contribution in [1.29, 1.82) is 0 Å². The minimum Gasteiger partial charge on any atom is -0.496 e. The number of rotatable bonds is 7. The Bertz CT molecular complexity index is 547. The summed E-state index contributed by atoms with van der Waals surface area (Å²) >= 11 is 0. The first-order valence-corrected chi connectivity index (χ1v) is 7.97. The number of para-hydroxylation sites is 1. The van der Waals surface area contributed by atoms with Crippen molar-refractivity contribution in [2.45, 2.75) is 38.3 Å². The Hall–Kier alpha value is -2.08. The van der Waals surface area contributed by atoms with Crippen LogP contribution in [0.15, 0.2) is 24.3 Å². The fraction of sp³-hybridized carbons (Fsp3) is 0.529. The van der Waals surface area contributed by atoms with E-state index >= 15 is 0 Å². The van der Waals surface area contributed by atoms with E-state index in [0.717, 1.165) is 30.7 Å². The van der Waals surface area contributed by atoms with E-state index in [0.29, 0.717) is 25.9 Å². The fourth-order valence-electron chi connectivity index (χ4n) is 2.91. The first kappa shape index (κ1) is 17.3. The number of aliphatic carboxylic acids is 1. The molecule has 0 saturated carbocycles. The van der Waals surface area contributed by atoms with Crippen molar-refractivity contribution in [2.75, 3.05) is 20.2 Å². The second kappa shape index (κ2) is 8.53. The molecular weight excluding hydrogens is 296 g/mol. The van der Waals surface area contributed by atoms with Crippen LogP contribution >= 0.6 is 0 Å². The van der Waals surface area contributed by atoms with Crippen molar-refractivity contribution in [3.05, 3.63) is 29.8 Å². The normalized spacial score (nSPS) is 18.4. The predicted octanol–water partition coefficient (Wildman–Crippen LogP) is 1.64. The van der Waals surface area contributed by atoms with Gasteiger partial charge in [0.15, 0.2) is 0 Å². The highest BCUT2D eigenvalue weighted by molar-refractivity contribution is 5.76. The lowest BCUT2D eigenvalue weighted by Gasteiger charge is -2.32. The molecule has 1 aromatic rings. The van der Waals surface area contributed by atoms with Gasteiger partial charge in [0.2, 0.25) is 5.91 Å². The quantitative estimate of drug-likeness (QED) is 0.798. The maximum Gasteiger partial charge on any atom is 0.320 e. The van der Waals surface area contributed by atoms with Gasteiger partial charge < -0.3 is 15.2 Å². The van der Waals surface area contributed by atoms with Crippen molar-refractivity contribution < 1.29 is 19.4 Å². The summed E-state index contributed by atoms with van der Waals surface area (Å²) in [5, 5.41) is 12.1. The predicted molar refractivity (Wildman–Crippen MR) is 86.3 cm³/mol. The van der Waals surface area contributed by atoms with E-state index in [1.165, 1.54) is 0 Å². The van der Waals surface area contributed by atoms with Crippen molar-refractivity contribution in [2.24, 2.45) is 0 Å². The van der Waals surface area contributed by atoms with Crippen LogP contribution in [0.4, 0.5) is 0 Å². The number of hydrogen-bond acceptors (Lipinski definition) is 4. The second-order valence-corrected chi connectivity index (χ2v) is 5.72. The molecule has 0 spiro atoms. The van der Waals surface area contributed by atoms with Crippen LogP contribution in [0.5, 0.6) is 5.75 Å². The van der Waals surface area contributed by atoms with Crippen LogP contribution in [0.25, 0.3) is 0 Å². The molecule has 0 aliphatic carbocycles. The summed E-state index contributed by atoms with van der Waals surface area (Å²) in [7, 11) is 1.60. The maximum atomic E-state index is 12.0. The van der Waals surface area contributed by atoms with E-state index in [1.54, 1.807) is 7.11 Å². The Morgan fingerprint density at radius 2 is 2.13 bits per heavy atom. The van der Waals surface area contributed by atoms with Crippen LogP contribution in [0, 0.1) is 0 Å². The van der Waals surface area contributed by atoms with Crippen molar-refractivity contribution in [1.82, 2.24) is 10.2 Å². The van der Waals surface area contributed by atoms with Gasteiger partial charge in [0.25, 0.3) is 0 Å². The number of methoxy groups -OCH3 is 1. The smallest absolute Gasteiger partial charge is 0.320 e. The molecule has 1 aliphatic rings. The van der Waals surface area contributed by atoms with E-state index in [9.17, 15) is 14.7 Å². The fourth-order valence-corrected chi connectivity index (χ4v) is 2.91. The molecule has 6 nitrogen and oxygen atoms in total. The lowest BCUT2D eigenvalue weighted by Crippen LogP contribution is -2.45. The molecule has 1 saturated heterocycles. The van der Waals surface area contributed by atoms with Crippen LogP contribution in [-0.4, -0.2) is 48.1 Å². The topological polar surface area (TPSA) is 78.9 Å². The highest BCUT2D eigenvalue weighted by atomic mass is 16.5. The number of carbonyl (C=O) groups excluding carboxylic acids is 1. The summed E-state index contributed by atoms with van der Waals surface area (Å²) in [6, 6.07) is 7.09. The lowest BCUT2D eigenvalue weighted by molar-refractivity contribution is -0.145. The molecule has 0 radical (unpaired) electrons. The van der Waals surface area contributed by atoms with Gasteiger partial charge in [-0.1, -0.05) is 24.6 Å². The van der Waals surface area contributed by atoms with Gasteiger partial charge in [0.05, 0.1) is 7.11 Å². The molecule has 1 aliphatic heterocycles. The monoisotopic (exact) mass is 320 g/mol. The van der Waals surface area contributed by atoms with E-state index in [-0.39, 0.29) is 5.91 Å². The summed E-state index contributed by atoms with van der Waals surface area (Å²) < 4.78 is 5.25. The number of nitrogens with one attached hydrogen (secondary N) is 1. The van der Waals surface area contributed by atoms with E-state index in [4.69, 9.17) is 4.74 Å². The highest BCUT2D eigenvalue weighted by Gasteiger charge is 2.28. The summed E-state index contributed by atoms with van der Waals surface area (Å²) in [5.74, 6) is -0.125. The van der Waals surface area contributed by atoms with E-state index in [2.05, 4.69) is 5.32 Å². The first-order chi connectivity index (χ1) is 11.1. The van der Waals surface area contributed by atoms with Crippen molar-refractivity contribution >= 4 is 11.9 Å². The van der Waals surface area contributed by atoms with Crippen LogP contribution in [0.3, 0.4) is 0 Å². The van der Waals surface area contributed by atoms with Gasteiger partial charge in [-0.05, 0) is 25.5 Å². The molecule has 0 aromatic heterocycles. The molecule has 2 N–H and O–H groups in total. The number of ether oxygens (including phenoxy) is 1. The van der Waals surface area contributed by atoms with Gasteiger partial charge in [-0.15, -0.1) is 0 Å². The average molecular weight is 320 g/mol. The van der Waals surface area contributed by atoms with Crippen molar-refractivity contribution in [3.63, 3.8) is 0 Å². The zero-order chi connectivity index (χ0) is 16.7. The number of hydrogen-bond donors (Lipinski definition) is 2. The SMILES string of the molecule is COc1ccccc1CNC(=O)CCN1CCCCC1C(=O)O. The van der Waals surface area contributed by atoms with Crippen LogP contribution in [0.1, 0.15) is 31.2 Å². The Balaban J connectivity index is 1.79. The van der Waals surface area contributed by atoms with Crippen LogP contribution in [0.2, 0.25) is 0 Å². The number of likely N-dealkylation sites (tertiary alicyclic amines) is 1. The molecule has 1 aromatic carbocycles. The largest absolute Gasteiger partial charge is 0.496 e. The number of benzene rings is 1. The Morgan fingerprint density at radius 3 is 2.87 bits per heavy atom. The highest BCUT2D eigenvalue weighted by Crippen LogP contribution is 2.18. The number of carboxylic acid groups (broad SMARTS) is 1. The molecular formula is C17H24N2O4. The summed E-state index contributed by atoms with van der Waals surface area (Å²) in [6.07, 6.45) is 2.90. The molecule has 23 heavy (non-hydrogen) atoms. The molecule has 1 heterocycles. The summed E-state index contributed by atoms with van der Waals surface area (Å²) in [4.78, 5) is 25.1. The minimum absolute atomic E-state index is 0.0781. The third kappa shape index (κ3) is 4.96. The van der Waals surface area contributed by atoms with Gasteiger partial charge in [0.1, 0.15) is 11.8 Å². The van der Waals surface area contributed by atoms with Gasteiger partial charge in [-0.2, -0.15) is 0 Å². The maximum absolute atomic E-state index is 12.0. The molecule has 1 amide bonds. The Labute approximate surface area is 136 Å². The van der Waals surface area contributed by atoms with Gasteiger partial charge >= 0.3 is 5.97 Å². The molecule has 2 rings (SSSR count). The van der Waals surface area contributed by atoms with Crippen molar-refractivity contribution in [3.8, 4) is 5.75 Å². The summed E-state index contributed by atoms with van der Waals surface area (Å²) in [5.41, 5.74) is 0.921. The van der Waals surface area contributed by atoms with Gasteiger partial charge in [-0.3, -0.25) is 14.5 Å². The van der Waals surface area contributed by atoms with Gasteiger partial charge in [0, 0.05) is 25.1 Å². The zero-order valence-corrected chi connectivity index (χ0v) is 13.5. The molecule has 1 fully saturated rings. The van der Waals surface area contributed by atoms with Gasteiger partial charge in [-0.25, -0.2) is 0 Å². The lowest BCUT2D eigenvalue weighted by atomic mass is 10.0. The Kier molecular flexibility index (Phi) is 6.40. The first-order valence-electron chi connectivity index (χ1n) is 7.97. The molecule has 1 atom stereocenters. The minimum atomic E-state index is -0.792. The molecule has 6 heteroatoms. The zero-order valence-electron chi connectivity index (χ0n) is 13.5. The third-order valence-electron chi connectivity index (χ3n) is 4.19.